The fourth-order valence-electron chi connectivity index (χ4n) is 2.91. The molecule has 0 N–H and O–H groups in total. The van der Waals surface area contributed by atoms with Gasteiger partial charge in [0.2, 0.25) is 0 Å². The van der Waals surface area contributed by atoms with E-state index in [-0.39, 0.29) is 0 Å². The van der Waals surface area contributed by atoms with Gasteiger partial charge in [-0.1, -0.05) is 18.2 Å². The molecule has 0 aliphatic carbocycles. The first-order valence-electron chi connectivity index (χ1n) is 8.00. The normalized spacial score (nSPS) is 17.1. The van der Waals surface area contributed by atoms with Crippen LogP contribution < -0.4 is 0 Å². The van der Waals surface area contributed by atoms with E-state index in [0.29, 0.717) is 6.54 Å². The molecule has 1 saturated heterocycles. The van der Waals surface area contributed by atoms with Gasteiger partial charge in [0.15, 0.2) is 0 Å². The summed E-state index contributed by atoms with van der Waals surface area (Å²) in [6, 6.07) is 9.48. The van der Waals surface area contributed by atoms with Gasteiger partial charge in [0.1, 0.15) is 0 Å². The first-order chi connectivity index (χ1) is 11.5. The van der Waals surface area contributed by atoms with Crippen molar-refractivity contribution in [3.63, 3.8) is 0 Å². The van der Waals surface area contributed by atoms with Crippen LogP contribution in [0.5, 0.6) is 0 Å². The van der Waals surface area contributed by atoms with E-state index >= 15 is 0 Å². The van der Waals surface area contributed by atoms with Crippen LogP contribution in [0, 0.1) is 0 Å². The van der Waals surface area contributed by atoms with E-state index in [2.05, 4.69) is 20.9 Å². The van der Waals surface area contributed by atoms with E-state index in [9.17, 15) is 13.2 Å². The molecule has 0 radical (unpaired) electrons. The van der Waals surface area contributed by atoms with Crippen molar-refractivity contribution in [2.75, 3.05) is 26.2 Å². The molecule has 1 aliphatic rings. The summed E-state index contributed by atoms with van der Waals surface area (Å²) in [5, 5.41) is 0. The third-order valence-electron chi connectivity index (χ3n) is 4.28. The van der Waals surface area contributed by atoms with Crippen LogP contribution >= 0.6 is 0 Å². The highest BCUT2D eigenvalue weighted by molar-refractivity contribution is 5.24. The lowest BCUT2D eigenvalue weighted by Crippen LogP contribution is -2.45. The molecular formula is C18H20F3N3. The Morgan fingerprint density at radius 3 is 1.92 bits per heavy atom. The molecule has 0 saturated carbocycles. The standard InChI is InChI=1S/C18H20F3N3/c19-18(20,21)17-5-3-15(4-6-17)13-23-8-10-24(11-9-23)14-16-2-1-7-22-12-16/h1-7,12H,8-11,13-14H2. The number of hydrogen-bond donors (Lipinski definition) is 0. The predicted molar refractivity (Wildman–Crippen MR) is 86.2 cm³/mol. The molecule has 24 heavy (non-hydrogen) atoms. The smallest absolute Gasteiger partial charge is 0.297 e. The van der Waals surface area contributed by atoms with Crippen LogP contribution in [0.25, 0.3) is 0 Å². The monoisotopic (exact) mass is 335 g/mol. The molecule has 1 aromatic carbocycles. The van der Waals surface area contributed by atoms with E-state index < -0.39 is 11.7 Å². The molecule has 2 aromatic rings. The first kappa shape index (κ1) is 16.9. The van der Waals surface area contributed by atoms with E-state index in [1.807, 2.05) is 12.3 Å². The second kappa shape index (κ2) is 7.32. The van der Waals surface area contributed by atoms with E-state index in [4.69, 9.17) is 0 Å². The Labute approximate surface area is 139 Å². The van der Waals surface area contributed by atoms with Crippen molar-refractivity contribution in [1.82, 2.24) is 14.8 Å². The van der Waals surface area contributed by atoms with Crippen molar-refractivity contribution in [2.24, 2.45) is 0 Å². The van der Waals surface area contributed by atoms with Crippen molar-refractivity contribution in [3.05, 3.63) is 65.5 Å². The van der Waals surface area contributed by atoms with Gasteiger partial charge in [0, 0.05) is 51.7 Å². The molecule has 0 unspecified atom stereocenters. The van der Waals surface area contributed by atoms with Gasteiger partial charge < -0.3 is 0 Å². The molecule has 2 heterocycles. The first-order valence-corrected chi connectivity index (χ1v) is 8.00. The van der Waals surface area contributed by atoms with Crippen LogP contribution in [0.3, 0.4) is 0 Å². The van der Waals surface area contributed by atoms with Gasteiger partial charge in [-0.05, 0) is 29.3 Å². The topological polar surface area (TPSA) is 19.4 Å². The molecular weight excluding hydrogens is 315 g/mol. The minimum atomic E-state index is -4.27. The summed E-state index contributed by atoms with van der Waals surface area (Å²) in [5.74, 6) is 0. The van der Waals surface area contributed by atoms with E-state index in [1.54, 1.807) is 18.3 Å². The third-order valence-corrected chi connectivity index (χ3v) is 4.28. The Bertz CT molecular complexity index is 633. The van der Waals surface area contributed by atoms with Gasteiger partial charge in [-0.25, -0.2) is 0 Å². The minimum absolute atomic E-state index is 0.590. The summed E-state index contributed by atoms with van der Waals surface area (Å²) in [6.45, 7) is 5.33. The van der Waals surface area contributed by atoms with E-state index in [1.165, 1.54) is 5.56 Å². The fraction of sp³-hybridized carbons (Fsp3) is 0.389. The summed E-state index contributed by atoms with van der Waals surface area (Å²) in [5.41, 5.74) is 1.53. The fourth-order valence-corrected chi connectivity index (χ4v) is 2.91. The van der Waals surface area contributed by atoms with Gasteiger partial charge in [-0.15, -0.1) is 0 Å². The van der Waals surface area contributed by atoms with E-state index in [0.717, 1.165) is 50.4 Å². The zero-order valence-corrected chi connectivity index (χ0v) is 13.3. The SMILES string of the molecule is FC(F)(F)c1ccc(CN2CCN(Cc3cccnc3)CC2)cc1. The summed E-state index contributed by atoms with van der Waals surface area (Å²) >= 11 is 0. The maximum atomic E-state index is 12.6. The number of benzene rings is 1. The van der Waals surface area contributed by atoms with Crippen LogP contribution in [0.2, 0.25) is 0 Å². The predicted octanol–water partition coefficient (Wildman–Crippen LogP) is 3.42. The average molecular weight is 335 g/mol. The summed E-state index contributed by atoms with van der Waals surface area (Å²) < 4.78 is 37.7. The number of halogens is 3. The number of alkyl halides is 3. The number of pyridine rings is 1. The van der Waals surface area contributed by atoms with Crippen LogP contribution in [-0.4, -0.2) is 41.0 Å². The highest BCUT2D eigenvalue weighted by Crippen LogP contribution is 2.29. The molecule has 1 aliphatic heterocycles. The van der Waals surface area contributed by atoms with Gasteiger partial charge in [0.25, 0.3) is 0 Å². The lowest BCUT2D eigenvalue weighted by atomic mass is 10.1. The van der Waals surface area contributed by atoms with Crippen LogP contribution in [-0.2, 0) is 19.3 Å². The third kappa shape index (κ3) is 4.55. The number of nitrogens with zero attached hydrogens (tertiary/aromatic N) is 3. The van der Waals surface area contributed by atoms with Gasteiger partial charge >= 0.3 is 6.18 Å². The Balaban J connectivity index is 1.48. The number of aromatic nitrogens is 1. The molecule has 0 spiro atoms. The Hall–Kier alpha value is -1.92. The van der Waals surface area contributed by atoms with Crippen molar-refractivity contribution >= 4 is 0 Å². The molecule has 0 bridgehead atoms. The van der Waals surface area contributed by atoms with Crippen molar-refractivity contribution in [3.8, 4) is 0 Å². The molecule has 1 fully saturated rings. The lowest BCUT2D eigenvalue weighted by molar-refractivity contribution is -0.137. The zero-order valence-electron chi connectivity index (χ0n) is 13.3. The molecule has 1 aromatic heterocycles. The summed E-state index contributed by atoms with van der Waals surface area (Å²) in [6.07, 6.45) is -0.615. The molecule has 128 valence electrons. The Morgan fingerprint density at radius 2 is 1.42 bits per heavy atom. The van der Waals surface area contributed by atoms with Crippen molar-refractivity contribution < 1.29 is 13.2 Å². The summed E-state index contributed by atoms with van der Waals surface area (Å²) in [4.78, 5) is 8.78. The Kier molecular flexibility index (Phi) is 5.16. The number of piperazine rings is 1. The van der Waals surface area contributed by atoms with Crippen LogP contribution in [0.15, 0.2) is 48.8 Å². The highest BCUT2D eigenvalue weighted by Gasteiger charge is 2.30. The number of hydrogen-bond acceptors (Lipinski definition) is 3. The van der Waals surface area contributed by atoms with Crippen molar-refractivity contribution in [1.29, 1.82) is 0 Å². The largest absolute Gasteiger partial charge is 0.416 e. The highest BCUT2D eigenvalue weighted by atomic mass is 19.4. The second-order valence-electron chi connectivity index (χ2n) is 6.11. The number of rotatable bonds is 4. The summed E-state index contributed by atoms with van der Waals surface area (Å²) in [7, 11) is 0. The maximum Gasteiger partial charge on any atom is 0.416 e. The molecule has 6 heteroatoms. The average Bonchev–Trinajstić information content (AvgIpc) is 2.57. The molecule has 0 atom stereocenters. The Morgan fingerprint density at radius 1 is 0.833 bits per heavy atom. The zero-order chi connectivity index (χ0) is 17.0. The van der Waals surface area contributed by atoms with Crippen LogP contribution in [0.4, 0.5) is 13.2 Å². The van der Waals surface area contributed by atoms with Crippen molar-refractivity contribution in [2.45, 2.75) is 19.3 Å². The quantitative estimate of drug-likeness (QED) is 0.853. The second-order valence-corrected chi connectivity index (χ2v) is 6.11. The van der Waals surface area contributed by atoms with Gasteiger partial charge in [-0.3, -0.25) is 14.8 Å². The van der Waals surface area contributed by atoms with Gasteiger partial charge in [0.05, 0.1) is 5.56 Å². The van der Waals surface area contributed by atoms with Gasteiger partial charge in [-0.2, -0.15) is 13.2 Å². The maximum absolute atomic E-state index is 12.6. The van der Waals surface area contributed by atoms with Crippen LogP contribution in [0.1, 0.15) is 16.7 Å². The lowest BCUT2D eigenvalue weighted by Gasteiger charge is -2.34. The molecule has 3 rings (SSSR count). The molecule has 3 nitrogen and oxygen atoms in total. The minimum Gasteiger partial charge on any atom is -0.297 e. The molecule has 0 amide bonds.